The van der Waals surface area contributed by atoms with Crippen LogP contribution in [0.25, 0.3) is 0 Å². The van der Waals surface area contributed by atoms with Gasteiger partial charge < -0.3 is 4.74 Å². The molecule has 0 radical (unpaired) electrons. The predicted octanol–water partition coefficient (Wildman–Crippen LogP) is 5.03. The van der Waals surface area contributed by atoms with Gasteiger partial charge >= 0.3 is 0 Å². The SMILES string of the molecule is Cc1cc(OCC2CCCCC2)cc(C)c1Br. The van der Waals surface area contributed by atoms with E-state index in [4.69, 9.17) is 4.74 Å². The van der Waals surface area contributed by atoms with Crippen LogP contribution in [0.15, 0.2) is 16.6 Å². The lowest BCUT2D eigenvalue weighted by molar-refractivity contribution is 0.208. The Bertz CT molecular complexity index is 358. The van der Waals surface area contributed by atoms with Crippen molar-refractivity contribution in [1.29, 1.82) is 0 Å². The summed E-state index contributed by atoms with van der Waals surface area (Å²) in [6.07, 6.45) is 6.86. The van der Waals surface area contributed by atoms with Crippen molar-refractivity contribution in [2.45, 2.75) is 46.0 Å². The molecule has 0 bridgehead atoms. The van der Waals surface area contributed by atoms with E-state index in [1.165, 1.54) is 47.7 Å². The lowest BCUT2D eigenvalue weighted by Gasteiger charge is -2.22. The van der Waals surface area contributed by atoms with Gasteiger partial charge in [0.25, 0.3) is 0 Å². The minimum absolute atomic E-state index is 0.771. The molecule has 1 saturated carbocycles. The number of benzene rings is 1. The topological polar surface area (TPSA) is 9.23 Å². The molecule has 0 atom stereocenters. The third-order valence-electron chi connectivity index (χ3n) is 3.62. The Morgan fingerprint density at radius 2 is 1.71 bits per heavy atom. The molecule has 1 aliphatic carbocycles. The number of hydrogen-bond donors (Lipinski definition) is 0. The van der Waals surface area contributed by atoms with E-state index in [0.29, 0.717) is 0 Å². The fourth-order valence-electron chi connectivity index (χ4n) is 2.56. The molecule has 2 rings (SSSR count). The zero-order chi connectivity index (χ0) is 12.3. The highest BCUT2D eigenvalue weighted by Crippen LogP contribution is 2.28. The zero-order valence-corrected chi connectivity index (χ0v) is 12.3. The molecule has 0 amide bonds. The van der Waals surface area contributed by atoms with Crippen LogP contribution in [0.4, 0.5) is 0 Å². The minimum atomic E-state index is 0.771. The molecule has 17 heavy (non-hydrogen) atoms. The van der Waals surface area contributed by atoms with Crippen LogP contribution in [0.1, 0.15) is 43.2 Å². The molecule has 94 valence electrons. The second-order valence-corrected chi connectivity index (χ2v) is 5.98. The van der Waals surface area contributed by atoms with Crippen molar-refractivity contribution in [3.63, 3.8) is 0 Å². The summed E-state index contributed by atoms with van der Waals surface area (Å²) < 4.78 is 7.14. The number of halogens is 1. The third-order valence-corrected chi connectivity index (χ3v) is 4.87. The fourth-order valence-corrected chi connectivity index (χ4v) is 2.79. The summed E-state index contributed by atoms with van der Waals surface area (Å²) in [5, 5.41) is 0. The number of aryl methyl sites for hydroxylation is 2. The first kappa shape index (κ1) is 12.9. The number of rotatable bonds is 3. The summed E-state index contributed by atoms with van der Waals surface area (Å²) >= 11 is 3.59. The van der Waals surface area contributed by atoms with Crippen LogP contribution in [0.5, 0.6) is 5.75 Å². The van der Waals surface area contributed by atoms with Gasteiger partial charge in [-0.2, -0.15) is 0 Å². The summed E-state index contributed by atoms with van der Waals surface area (Å²) in [4.78, 5) is 0. The van der Waals surface area contributed by atoms with Gasteiger partial charge in [-0.25, -0.2) is 0 Å². The maximum absolute atomic E-state index is 5.94. The Hall–Kier alpha value is -0.500. The highest BCUT2D eigenvalue weighted by Gasteiger charge is 2.14. The maximum atomic E-state index is 5.94. The van der Waals surface area contributed by atoms with Crippen LogP contribution in [0, 0.1) is 19.8 Å². The van der Waals surface area contributed by atoms with E-state index < -0.39 is 0 Å². The van der Waals surface area contributed by atoms with Gasteiger partial charge in [0.15, 0.2) is 0 Å². The minimum Gasteiger partial charge on any atom is -0.493 e. The molecule has 0 unspecified atom stereocenters. The van der Waals surface area contributed by atoms with Gasteiger partial charge in [-0.3, -0.25) is 0 Å². The summed E-state index contributed by atoms with van der Waals surface area (Å²) in [5.41, 5.74) is 2.51. The zero-order valence-electron chi connectivity index (χ0n) is 10.8. The molecule has 1 aliphatic rings. The lowest BCUT2D eigenvalue weighted by Crippen LogP contribution is -2.15. The molecule has 0 spiro atoms. The first-order valence-electron chi connectivity index (χ1n) is 6.56. The van der Waals surface area contributed by atoms with Crippen LogP contribution in [0.3, 0.4) is 0 Å². The van der Waals surface area contributed by atoms with Gasteiger partial charge in [0.1, 0.15) is 5.75 Å². The van der Waals surface area contributed by atoms with Crippen molar-refractivity contribution in [2.75, 3.05) is 6.61 Å². The van der Waals surface area contributed by atoms with Crippen molar-refractivity contribution in [1.82, 2.24) is 0 Å². The quantitative estimate of drug-likeness (QED) is 0.760. The average molecular weight is 297 g/mol. The Morgan fingerprint density at radius 1 is 1.12 bits per heavy atom. The molecule has 0 aliphatic heterocycles. The maximum Gasteiger partial charge on any atom is 0.119 e. The van der Waals surface area contributed by atoms with E-state index in [1.807, 2.05) is 0 Å². The summed E-state index contributed by atoms with van der Waals surface area (Å²) in [6, 6.07) is 4.25. The number of hydrogen-bond acceptors (Lipinski definition) is 1. The molecular weight excluding hydrogens is 276 g/mol. The molecule has 0 heterocycles. The largest absolute Gasteiger partial charge is 0.493 e. The molecule has 1 aromatic rings. The summed E-state index contributed by atoms with van der Waals surface area (Å²) in [7, 11) is 0. The standard InChI is InChI=1S/C15H21BrO/c1-11-8-14(9-12(2)15(11)16)17-10-13-6-4-3-5-7-13/h8-9,13H,3-7,10H2,1-2H3. The molecule has 2 heteroatoms. The monoisotopic (exact) mass is 296 g/mol. The van der Waals surface area contributed by atoms with Crippen LogP contribution in [-0.2, 0) is 0 Å². The first-order chi connectivity index (χ1) is 8.16. The van der Waals surface area contributed by atoms with Crippen LogP contribution >= 0.6 is 15.9 Å². The van der Waals surface area contributed by atoms with Gasteiger partial charge in [-0.15, -0.1) is 0 Å². The Balaban J connectivity index is 1.94. The lowest BCUT2D eigenvalue weighted by atomic mass is 9.90. The predicted molar refractivity (Wildman–Crippen MR) is 75.7 cm³/mol. The van der Waals surface area contributed by atoms with Crippen molar-refractivity contribution < 1.29 is 4.74 Å². The van der Waals surface area contributed by atoms with Crippen LogP contribution in [0.2, 0.25) is 0 Å². The second kappa shape index (κ2) is 5.90. The van der Waals surface area contributed by atoms with Crippen molar-refractivity contribution in [3.8, 4) is 5.75 Å². The average Bonchev–Trinajstić information content (AvgIpc) is 2.34. The smallest absolute Gasteiger partial charge is 0.119 e. The van der Waals surface area contributed by atoms with E-state index in [-0.39, 0.29) is 0 Å². The van der Waals surface area contributed by atoms with Crippen LogP contribution in [-0.4, -0.2) is 6.61 Å². The third kappa shape index (κ3) is 3.48. The molecule has 0 aromatic heterocycles. The first-order valence-corrected chi connectivity index (χ1v) is 7.35. The van der Waals surface area contributed by atoms with Gasteiger partial charge in [-0.05, 0) is 55.9 Å². The highest BCUT2D eigenvalue weighted by molar-refractivity contribution is 9.10. The molecule has 1 fully saturated rings. The van der Waals surface area contributed by atoms with Gasteiger partial charge in [0.05, 0.1) is 6.61 Å². The van der Waals surface area contributed by atoms with E-state index in [2.05, 4.69) is 41.9 Å². The second-order valence-electron chi connectivity index (χ2n) is 5.19. The Labute approximate surface area is 113 Å². The van der Waals surface area contributed by atoms with Gasteiger partial charge in [-0.1, -0.05) is 35.2 Å². The van der Waals surface area contributed by atoms with E-state index >= 15 is 0 Å². The molecule has 0 N–H and O–H groups in total. The van der Waals surface area contributed by atoms with Crippen molar-refractivity contribution in [3.05, 3.63) is 27.7 Å². The van der Waals surface area contributed by atoms with Gasteiger partial charge in [0.2, 0.25) is 0 Å². The fraction of sp³-hybridized carbons (Fsp3) is 0.600. The van der Waals surface area contributed by atoms with Crippen LogP contribution < -0.4 is 4.74 Å². The normalized spacial score (nSPS) is 17.1. The molecule has 0 saturated heterocycles. The highest BCUT2D eigenvalue weighted by atomic mass is 79.9. The summed E-state index contributed by atoms with van der Waals surface area (Å²) in [6.45, 7) is 5.12. The number of ether oxygens (including phenoxy) is 1. The van der Waals surface area contributed by atoms with Gasteiger partial charge in [0, 0.05) is 4.47 Å². The Kier molecular flexibility index (Phi) is 4.49. The molecular formula is C15H21BrO. The van der Waals surface area contributed by atoms with Crippen molar-refractivity contribution >= 4 is 15.9 Å². The summed E-state index contributed by atoms with van der Waals surface area (Å²) in [5.74, 6) is 1.79. The van der Waals surface area contributed by atoms with E-state index in [0.717, 1.165) is 18.3 Å². The molecule has 1 nitrogen and oxygen atoms in total. The van der Waals surface area contributed by atoms with E-state index in [9.17, 15) is 0 Å². The van der Waals surface area contributed by atoms with E-state index in [1.54, 1.807) is 0 Å². The Morgan fingerprint density at radius 3 is 2.29 bits per heavy atom. The van der Waals surface area contributed by atoms with Crippen molar-refractivity contribution in [2.24, 2.45) is 5.92 Å². The molecule has 1 aromatic carbocycles.